The van der Waals surface area contributed by atoms with Gasteiger partial charge >= 0.3 is 0 Å². The lowest BCUT2D eigenvalue weighted by Crippen LogP contribution is -2.38. The largest absolute Gasteiger partial charge is 0.368 e. The van der Waals surface area contributed by atoms with Crippen LogP contribution in [-0.2, 0) is 0 Å². The summed E-state index contributed by atoms with van der Waals surface area (Å²) in [6.45, 7) is 1.46. The predicted octanol–water partition coefficient (Wildman–Crippen LogP) is 2.56. The highest BCUT2D eigenvalue weighted by Gasteiger charge is 2.25. The van der Waals surface area contributed by atoms with Crippen LogP contribution in [0.3, 0.4) is 0 Å². The molecule has 0 spiro atoms. The van der Waals surface area contributed by atoms with Crippen molar-refractivity contribution in [3.63, 3.8) is 0 Å². The minimum atomic E-state index is 0.0900. The molecule has 1 saturated heterocycles. The minimum Gasteiger partial charge on any atom is -0.368 e. The van der Waals surface area contributed by atoms with E-state index >= 15 is 0 Å². The van der Waals surface area contributed by atoms with Gasteiger partial charge in [0.25, 0.3) is 5.91 Å². The van der Waals surface area contributed by atoms with Crippen LogP contribution in [0.2, 0.25) is 0 Å². The number of hydrogen-bond acceptors (Lipinski definition) is 4. The molecule has 0 atom stereocenters. The molecule has 6 nitrogen and oxygen atoms in total. The smallest absolute Gasteiger partial charge is 0.253 e. The number of benzene rings is 1. The second-order valence-electron chi connectivity index (χ2n) is 6.19. The van der Waals surface area contributed by atoms with Crippen molar-refractivity contribution in [2.45, 2.75) is 18.8 Å². The van der Waals surface area contributed by atoms with E-state index < -0.39 is 0 Å². The number of carbonyl (C=O) groups is 1. The fourth-order valence-electron chi connectivity index (χ4n) is 3.36. The maximum Gasteiger partial charge on any atom is 0.253 e. The molecule has 2 aromatic heterocycles. The number of nitrogens with zero attached hydrogens (tertiary/aromatic N) is 3. The predicted molar refractivity (Wildman–Crippen MR) is 92.6 cm³/mol. The Morgan fingerprint density at radius 1 is 1.21 bits per heavy atom. The molecular formula is C18H19N5O. The van der Waals surface area contributed by atoms with Crippen molar-refractivity contribution in [2.75, 3.05) is 18.8 Å². The molecule has 0 bridgehead atoms. The summed E-state index contributed by atoms with van der Waals surface area (Å²) in [5, 5.41) is 1.12. The van der Waals surface area contributed by atoms with Crippen molar-refractivity contribution >= 4 is 22.8 Å². The molecule has 3 aromatic rings. The Morgan fingerprint density at radius 3 is 2.83 bits per heavy atom. The molecule has 0 saturated carbocycles. The molecule has 6 heteroatoms. The van der Waals surface area contributed by atoms with E-state index in [1.807, 2.05) is 41.4 Å². The quantitative estimate of drug-likeness (QED) is 0.759. The molecule has 3 heterocycles. The van der Waals surface area contributed by atoms with E-state index in [-0.39, 0.29) is 5.91 Å². The van der Waals surface area contributed by atoms with E-state index in [9.17, 15) is 4.79 Å². The SMILES string of the molecule is Nc1nccc(C2CCN(C(=O)c3ccc4cc[nH]c4c3)CC2)n1. The van der Waals surface area contributed by atoms with E-state index in [4.69, 9.17) is 5.73 Å². The Balaban J connectivity index is 1.46. The molecule has 1 aromatic carbocycles. The van der Waals surface area contributed by atoms with E-state index in [1.165, 1.54) is 0 Å². The molecule has 1 aliphatic heterocycles. The molecule has 122 valence electrons. The summed E-state index contributed by atoms with van der Waals surface area (Å²) in [5.74, 6) is 0.739. The number of hydrogen-bond donors (Lipinski definition) is 2. The van der Waals surface area contributed by atoms with Crippen molar-refractivity contribution in [2.24, 2.45) is 0 Å². The zero-order valence-electron chi connectivity index (χ0n) is 13.3. The van der Waals surface area contributed by atoms with Crippen molar-refractivity contribution in [1.82, 2.24) is 19.9 Å². The first-order chi connectivity index (χ1) is 11.7. The lowest BCUT2D eigenvalue weighted by atomic mass is 9.93. The van der Waals surface area contributed by atoms with Gasteiger partial charge in [-0.25, -0.2) is 9.97 Å². The monoisotopic (exact) mass is 321 g/mol. The third-order valence-electron chi connectivity index (χ3n) is 4.70. The highest BCUT2D eigenvalue weighted by Crippen LogP contribution is 2.27. The number of likely N-dealkylation sites (tertiary alicyclic amines) is 1. The van der Waals surface area contributed by atoms with Crippen LogP contribution in [0.1, 0.15) is 34.8 Å². The Morgan fingerprint density at radius 2 is 2.04 bits per heavy atom. The standard InChI is InChI=1S/C18H19N5O/c19-18-21-8-4-15(22-18)13-5-9-23(10-6-13)17(24)14-2-1-12-3-7-20-16(12)11-14/h1-4,7-8,11,13,20H,5-6,9-10H2,(H2,19,21,22). The maximum absolute atomic E-state index is 12.7. The van der Waals surface area contributed by atoms with Crippen LogP contribution in [0, 0.1) is 0 Å². The summed E-state index contributed by atoms with van der Waals surface area (Å²) < 4.78 is 0. The Kier molecular flexibility index (Phi) is 3.65. The molecule has 0 unspecified atom stereocenters. The van der Waals surface area contributed by atoms with Gasteiger partial charge in [-0.3, -0.25) is 4.79 Å². The Labute approximate surface area is 139 Å². The van der Waals surface area contributed by atoms with Crippen LogP contribution in [0.15, 0.2) is 42.7 Å². The van der Waals surface area contributed by atoms with Gasteiger partial charge in [-0.05, 0) is 42.5 Å². The van der Waals surface area contributed by atoms with Gasteiger partial charge in [0, 0.05) is 48.2 Å². The van der Waals surface area contributed by atoms with Crippen molar-refractivity contribution in [3.8, 4) is 0 Å². The van der Waals surface area contributed by atoms with Gasteiger partial charge in [-0.1, -0.05) is 6.07 Å². The zero-order valence-corrected chi connectivity index (χ0v) is 13.3. The van der Waals surface area contributed by atoms with Gasteiger partial charge in [0.05, 0.1) is 0 Å². The number of carbonyl (C=O) groups excluding carboxylic acids is 1. The van der Waals surface area contributed by atoms with Crippen LogP contribution in [0.5, 0.6) is 0 Å². The number of nitrogens with two attached hydrogens (primary N) is 1. The highest BCUT2D eigenvalue weighted by molar-refractivity contribution is 5.98. The normalized spacial score (nSPS) is 15.8. The van der Waals surface area contributed by atoms with Gasteiger partial charge in [0.15, 0.2) is 0 Å². The molecule has 0 aliphatic carbocycles. The molecular weight excluding hydrogens is 302 g/mol. The van der Waals surface area contributed by atoms with Crippen LogP contribution < -0.4 is 5.73 Å². The second kappa shape index (κ2) is 5.96. The van der Waals surface area contributed by atoms with Gasteiger partial charge in [-0.2, -0.15) is 0 Å². The number of piperidine rings is 1. The summed E-state index contributed by atoms with van der Waals surface area (Å²) >= 11 is 0. The fourth-order valence-corrected chi connectivity index (χ4v) is 3.36. The molecule has 1 aliphatic rings. The number of nitrogens with one attached hydrogen (secondary N) is 1. The molecule has 1 amide bonds. The number of nitrogen functional groups attached to an aromatic ring is 1. The average molecular weight is 321 g/mol. The highest BCUT2D eigenvalue weighted by atomic mass is 16.2. The third-order valence-corrected chi connectivity index (χ3v) is 4.70. The van der Waals surface area contributed by atoms with Crippen molar-refractivity contribution in [3.05, 3.63) is 54.0 Å². The number of H-pyrrole nitrogens is 1. The molecule has 24 heavy (non-hydrogen) atoms. The van der Waals surface area contributed by atoms with Crippen LogP contribution in [0.25, 0.3) is 10.9 Å². The Bertz CT molecular complexity index is 880. The first-order valence-electron chi connectivity index (χ1n) is 8.15. The number of anilines is 1. The maximum atomic E-state index is 12.7. The van der Waals surface area contributed by atoms with Gasteiger partial charge in [0.2, 0.25) is 5.95 Å². The number of rotatable bonds is 2. The summed E-state index contributed by atoms with van der Waals surface area (Å²) in [6.07, 6.45) is 5.37. The second-order valence-corrected chi connectivity index (χ2v) is 6.19. The first-order valence-corrected chi connectivity index (χ1v) is 8.15. The summed E-state index contributed by atoms with van der Waals surface area (Å²) in [4.78, 5) is 26.1. The van der Waals surface area contributed by atoms with Crippen LogP contribution in [-0.4, -0.2) is 38.8 Å². The molecule has 1 fully saturated rings. The summed E-state index contributed by atoms with van der Waals surface area (Å²) in [5.41, 5.74) is 8.36. The number of aromatic amines is 1. The van der Waals surface area contributed by atoms with Gasteiger partial charge in [0.1, 0.15) is 0 Å². The lowest BCUT2D eigenvalue weighted by Gasteiger charge is -2.31. The van der Waals surface area contributed by atoms with Crippen molar-refractivity contribution in [1.29, 1.82) is 0 Å². The molecule has 0 radical (unpaired) electrons. The summed E-state index contributed by atoms with van der Waals surface area (Å²) in [6, 6.07) is 9.72. The minimum absolute atomic E-state index is 0.0900. The first kappa shape index (κ1) is 14.7. The van der Waals surface area contributed by atoms with Gasteiger partial charge in [-0.15, -0.1) is 0 Å². The van der Waals surface area contributed by atoms with E-state index in [1.54, 1.807) is 6.20 Å². The summed E-state index contributed by atoms with van der Waals surface area (Å²) in [7, 11) is 0. The van der Waals surface area contributed by atoms with Gasteiger partial charge < -0.3 is 15.6 Å². The van der Waals surface area contributed by atoms with Crippen molar-refractivity contribution < 1.29 is 4.79 Å². The fraction of sp³-hybridized carbons (Fsp3) is 0.278. The number of amides is 1. The van der Waals surface area contributed by atoms with Crippen LogP contribution >= 0.6 is 0 Å². The average Bonchev–Trinajstić information content (AvgIpc) is 3.09. The topological polar surface area (TPSA) is 87.9 Å². The van der Waals surface area contributed by atoms with E-state index in [2.05, 4.69) is 15.0 Å². The Hall–Kier alpha value is -2.89. The lowest BCUT2D eigenvalue weighted by molar-refractivity contribution is 0.0712. The third kappa shape index (κ3) is 2.71. The molecule has 4 rings (SSSR count). The van der Waals surface area contributed by atoms with E-state index in [0.29, 0.717) is 11.9 Å². The number of aromatic nitrogens is 3. The zero-order chi connectivity index (χ0) is 16.5. The molecule has 3 N–H and O–H groups in total. The van der Waals surface area contributed by atoms with Crippen LogP contribution in [0.4, 0.5) is 5.95 Å². The number of fused-ring (bicyclic) bond motifs is 1. The van der Waals surface area contributed by atoms with E-state index in [0.717, 1.165) is 48.1 Å².